The Morgan fingerprint density at radius 3 is 2.69 bits per heavy atom. The summed E-state index contributed by atoms with van der Waals surface area (Å²) in [7, 11) is 1.58. The summed E-state index contributed by atoms with van der Waals surface area (Å²) >= 11 is 0. The van der Waals surface area contributed by atoms with E-state index in [4.69, 9.17) is 9.72 Å². The van der Waals surface area contributed by atoms with Gasteiger partial charge in [0.25, 0.3) is 0 Å². The van der Waals surface area contributed by atoms with Gasteiger partial charge in [0.2, 0.25) is 5.95 Å². The molecule has 3 N–H and O–H groups in total. The number of aromatic amines is 1. The number of urea groups is 1. The van der Waals surface area contributed by atoms with E-state index < -0.39 is 0 Å². The zero-order chi connectivity index (χ0) is 17.9. The molecular weight excluding hydrogens is 334 g/mol. The highest BCUT2D eigenvalue weighted by molar-refractivity contribution is 5.92. The van der Waals surface area contributed by atoms with Crippen LogP contribution in [0.2, 0.25) is 0 Å². The van der Waals surface area contributed by atoms with Gasteiger partial charge < -0.3 is 20.3 Å². The molecule has 1 fully saturated rings. The maximum atomic E-state index is 11.4. The molecule has 0 spiro atoms. The van der Waals surface area contributed by atoms with Crippen LogP contribution in [0, 0.1) is 0 Å². The molecule has 2 aromatic heterocycles. The molecule has 1 aliphatic rings. The Morgan fingerprint density at radius 2 is 1.96 bits per heavy atom. The van der Waals surface area contributed by atoms with Crippen LogP contribution in [-0.2, 0) is 4.74 Å². The molecule has 0 radical (unpaired) electrons. The number of ether oxygens (including phenoxy) is 1. The lowest BCUT2D eigenvalue weighted by Crippen LogP contribution is -2.37. The Kier molecular flexibility index (Phi) is 4.36. The van der Waals surface area contributed by atoms with Gasteiger partial charge >= 0.3 is 6.03 Å². The number of carbonyl (C=O) groups is 1. The summed E-state index contributed by atoms with van der Waals surface area (Å²) in [6, 6.07) is 7.26. The number of nitrogens with one attached hydrogen (secondary N) is 3. The highest BCUT2D eigenvalue weighted by Crippen LogP contribution is 2.28. The second kappa shape index (κ2) is 6.96. The highest BCUT2D eigenvalue weighted by Gasteiger charge is 2.18. The molecule has 9 nitrogen and oxygen atoms in total. The molecule has 0 atom stereocenters. The van der Waals surface area contributed by atoms with Gasteiger partial charge in [-0.3, -0.25) is 5.10 Å². The monoisotopic (exact) mass is 353 g/mol. The third-order valence-corrected chi connectivity index (χ3v) is 4.24. The van der Waals surface area contributed by atoms with E-state index in [9.17, 15) is 4.79 Å². The Labute approximate surface area is 149 Å². The molecule has 0 aliphatic carbocycles. The number of carbonyl (C=O) groups excluding carboxylic acids is 1. The number of benzene rings is 1. The second-order valence-corrected chi connectivity index (χ2v) is 5.89. The summed E-state index contributed by atoms with van der Waals surface area (Å²) in [5.74, 6) is 0.660. The summed E-state index contributed by atoms with van der Waals surface area (Å²) in [5, 5.41) is 13.2. The molecule has 3 heterocycles. The molecule has 0 bridgehead atoms. The SMILES string of the molecule is CNC(=O)Nc1ccc(-c2nc(N3CCOCC3)nc3[nH]ncc23)cc1. The standard InChI is InChI=1S/C17H19N7O2/c1-18-17(25)20-12-4-2-11(3-5-12)14-13-10-19-23-15(13)22-16(21-14)24-6-8-26-9-7-24/h2-5,10H,6-9H2,1H3,(H2,18,20,25)(H,19,21,22,23). The van der Waals surface area contributed by atoms with Crippen LogP contribution in [0.3, 0.4) is 0 Å². The van der Waals surface area contributed by atoms with E-state index in [1.807, 2.05) is 24.3 Å². The lowest BCUT2D eigenvalue weighted by Gasteiger charge is -2.27. The minimum atomic E-state index is -0.258. The van der Waals surface area contributed by atoms with Gasteiger partial charge in [0, 0.05) is 31.4 Å². The van der Waals surface area contributed by atoms with E-state index >= 15 is 0 Å². The molecule has 4 rings (SSSR count). The number of aromatic nitrogens is 4. The lowest BCUT2D eigenvalue weighted by atomic mass is 10.1. The number of amides is 2. The van der Waals surface area contributed by atoms with Crippen LogP contribution in [0.5, 0.6) is 0 Å². The van der Waals surface area contributed by atoms with Crippen molar-refractivity contribution in [3.05, 3.63) is 30.5 Å². The van der Waals surface area contributed by atoms with E-state index in [0.29, 0.717) is 30.5 Å². The van der Waals surface area contributed by atoms with Gasteiger partial charge in [-0.25, -0.2) is 9.78 Å². The highest BCUT2D eigenvalue weighted by atomic mass is 16.5. The fourth-order valence-electron chi connectivity index (χ4n) is 2.85. The Bertz CT molecular complexity index is 917. The van der Waals surface area contributed by atoms with Gasteiger partial charge in [-0.2, -0.15) is 10.1 Å². The number of fused-ring (bicyclic) bond motifs is 1. The number of nitrogens with zero attached hydrogens (tertiary/aromatic N) is 4. The molecule has 2 amide bonds. The first-order chi connectivity index (χ1) is 12.7. The quantitative estimate of drug-likeness (QED) is 0.660. The smallest absolute Gasteiger partial charge is 0.318 e. The molecule has 134 valence electrons. The Balaban J connectivity index is 1.70. The topological polar surface area (TPSA) is 108 Å². The largest absolute Gasteiger partial charge is 0.378 e. The van der Waals surface area contributed by atoms with Gasteiger partial charge in [0.15, 0.2) is 5.65 Å². The van der Waals surface area contributed by atoms with Crippen LogP contribution in [0.15, 0.2) is 30.5 Å². The van der Waals surface area contributed by atoms with Gasteiger partial charge in [-0.05, 0) is 12.1 Å². The number of anilines is 2. The second-order valence-electron chi connectivity index (χ2n) is 5.89. The van der Waals surface area contributed by atoms with Crippen molar-refractivity contribution in [2.24, 2.45) is 0 Å². The van der Waals surface area contributed by atoms with Crippen molar-refractivity contribution in [3.63, 3.8) is 0 Å². The van der Waals surface area contributed by atoms with Crippen molar-refractivity contribution in [1.82, 2.24) is 25.5 Å². The first-order valence-electron chi connectivity index (χ1n) is 8.37. The normalized spacial score (nSPS) is 14.4. The number of rotatable bonds is 3. The molecule has 1 saturated heterocycles. The molecular formula is C17H19N7O2. The van der Waals surface area contributed by atoms with Crippen LogP contribution < -0.4 is 15.5 Å². The predicted molar refractivity (Wildman–Crippen MR) is 98.2 cm³/mol. The third kappa shape index (κ3) is 3.16. The summed E-state index contributed by atoms with van der Waals surface area (Å²) in [5.41, 5.74) is 3.13. The lowest BCUT2D eigenvalue weighted by molar-refractivity contribution is 0.122. The Morgan fingerprint density at radius 1 is 1.19 bits per heavy atom. The number of morpholine rings is 1. The summed E-state index contributed by atoms with van der Waals surface area (Å²) in [4.78, 5) is 22.9. The van der Waals surface area contributed by atoms with Crippen molar-refractivity contribution in [2.75, 3.05) is 43.6 Å². The van der Waals surface area contributed by atoms with Crippen LogP contribution in [0.25, 0.3) is 22.3 Å². The molecule has 1 aromatic carbocycles. The Hall–Kier alpha value is -3.20. The minimum Gasteiger partial charge on any atom is -0.378 e. The maximum Gasteiger partial charge on any atom is 0.318 e. The zero-order valence-corrected chi connectivity index (χ0v) is 14.3. The van der Waals surface area contributed by atoms with Crippen molar-refractivity contribution >= 4 is 28.7 Å². The number of hydrogen-bond acceptors (Lipinski definition) is 6. The van der Waals surface area contributed by atoms with E-state index in [2.05, 4.69) is 30.7 Å². The number of H-pyrrole nitrogens is 1. The van der Waals surface area contributed by atoms with Crippen LogP contribution in [0.4, 0.5) is 16.4 Å². The minimum absolute atomic E-state index is 0.258. The summed E-state index contributed by atoms with van der Waals surface area (Å²) < 4.78 is 5.41. The average molecular weight is 353 g/mol. The van der Waals surface area contributed by atoms with Gasteiger partial charge in [-0.1, -0.05) is 12.1 Å². The van der Waals surface area contributed by atoms with Gasteiger partial charge in [0.05, 0.1) is 30.5 Å². The third-order valence-electron chi connectivity index (χ3n) is 4.24. The van der Waals surface area contributed by atoms with E-state index in [0.717, 1.165) is 29.7 Å². The van der Waals surface area contributed by atoms with Crippen molar-refractivity contribution in [3.8, 4) is 11.3 Å². The molecule has 26 heavy (non-hydrogen) atoms. The van der Waals surface area contributed by atoms with Gasteiger partial charge in [0.1, 0.15) is 0 Å². The first-order valence-corrected chi connectivity index (χ1v) is 8.37. The fourth-order valence-corrected chi connectivity index (χ4v) is 2.85. The maximum absolute atomic E-state index is 11.4. The summed E-state index contributed by atoms with van der Waals surface area (Å²) in [6.07, 6.45) is 1.73. The molecule has 1 aliphatic heterocycles. The van der Waals surface area contributed by atoms with Crippen LogP contribution >= 0.6 is 0 Å². The zero-order valence-electron chi connectivity index (χ0n) is 14.3. The van der Waals surface area contributed by atoms with E-state index in [1.54, 1.807) is 13.2 Å². The van der Waals surface area contributed by atoms with Crippen molar-refractivity contribution < 1.29 is 9.53 Å². The fraction of sp³-hybridized carbons (Fsp3) is 0.294. The van der Waals surface area contributed by atoms with Gasteiger partial charge in [-0.15, -0.1) is 0 Å². The van der Waals surface area contributed by atoms with E-state index in [-0.39, 0.29) is 6.03 Å². The number of hydrogen-bond donors (Lipinski definition) is 3. The molecule has 0 unspecified atom stereocenters. The summed E-state index contributed by atoms with van der Waals surface area (Å²) in [6.45, 7) is 2.85. The molecule has 3 aromatic rings. The first kappa shape index (κ1) is 16.3. The molecule has 9 heteroatoms. The van der Waals surface area contributed by atoms with Crippen LogP contribution in [-0.4, -0.2) is 59.5 Å². The molecule has 0 saturated carbocycles. The van der Waals surface area contributed by atoms with Crippen molar-refractivity contribution in [1.29, 1.82) is 0 Å². The average Bonchev–Trinajstić information content (AvgIpc) is 3.17. The van der Waals surface area contributed by atoms with Crippen molar-refractivity contribution in [2.45, 2.75) is 0 Å². The van der Waals surface area contributed by atoms with E-state index in [1.165, 1.54) is 0 Å². The predicted octanol–water partition coefficient (Wildman–Crippen LogP) is 1.61. The van der Waals surface area contributed by atoms with Crippen LogP contribution in [0.1, 0.15) is 0 Å².